The third kappa shape index (κ3) is 5.12. The van der Waals surface area contributed by atoms with Gasteiger partial charge in [-0.05, 0) is 24.6 Å². The van der Waals surface area contributed by atoms with Gasteiger partial charge in [0.25, 0.3) is 0 Å². The highest BCUT2D eigenvalue weighted by Gasteiger charge is 2.42. The largest absolute Gasteiger partial charge is 0.417 e. The van der Waals surface area contributed by atoms with Crippen molar-refractivity contribution in [1.29, 1.82) is 0 Å². The average Bonchev–Trinajstić information content (AvgIpc) is 3.37. The van der Waals surface area contributed by atoms with E-state index in [1.165, 1.54) is 41.0 Å². The van der Waals surface area contributed by atoms with Crippen molar-refractivity contribution in [2.75, 3.05) is 11.9 Å². The summed E-state index contributed by atoms with van der Waals surface area (Å²) in [6.45, 7) is -0.429. The maximum absolute atomic E-state index is 13.5. The molecule has 4 aromatic rings. The molecule has 0 amide bonds. The van der Waals surface area contributed by atoms with Crippen molar-refractivity contribution in [3.05, 3.63) is 53.3 Å². The van der Waals surface area contributed by atoms with Crippen LogP contribution in [0.5, 0.6) is 0 Å². The van der Waals surface area contributed by atoms with Gasteiger partial charge in [-0.1, -0.05) is 17.7 Å². The number of rotatable bonds is 6. The highest BCUT2D eigenvalue weighted by Crippen LogP contribution is 2.38. The molecule has 0 aliphatic heterocycles. The van der Waals surface area contributed by atoms with Crippen LogP contribution in [0.1, 0.15) is 12.0 Å². The predicted octanol–water partition coefficient (Wildman–Crippen LogP) is 2.36. The number of nitrogens with one attached hydrogen (secondary N) is 1. The van der Waals surface area contributed by atoms with Gasteiger partial charge in [0.1, 0.15) is 17.1 Å². The molecule has 202 valence electrons. The number of fused-ring (bicyclic) bond motifs is 2. The van der Waals surface area contributed by atoms with Crippen LogP contribution in [0.15, 0.2) is 42.6 Å². The number of aromatic nitrogens is 4. The Kier molecular flexibility index (Phi) is 6.69. The number of hydrogen-bond donors (Lipinski definition) is 4. The quantitative estimate of drug-likeness (QED) is 0.254. The summed E-state index contributed by atoms with van der Waals surface area (Å²) in [4.78, 5) is 8.36. The average molecular weight is 573 g/mol. The minimum absolute atomic E-state index is 0.0593. The Hall–Kier alpha value is -3.08. The summed E-state index contributed by atoms with van der Waals surface area (Å²) in [6, 6.07) is 7.16. The number of nitrogens with two attached hydrogens (primary N) is 1. The van der Waals surface area contributed by atoms with E-state index >= 15 is 0 Å². The van der Waals surface area contributed by atoms with Crippen LogP contribution < -0.4 is 10.5 Å². The Morgan fingerprint density at radius 2 is 1.97 bits per heavy atom. The topological polar surface area (TPSA) is 165 Å². The number of nitrogens with zero attached hydrogens (tertiary/aromatic N) is 4. The molecule has 1 fully saturated rings. The fourth-order valence-corrected chi connectivity index (χ4v) is 5.16. The van der Waals surface area contributed by atoms with Crippen LogP contribution in [0.2, 0.25) is 5.15 Å². The lowest BCUT2D eigenvalue weighted by molar-refractivity contribution is -0.136. The van der Waals surface area contributed by atoms with Crippen molar-refractivity contribution < 1.29 is 36.0 Å². The van der Waals surface area contributed by atoms with Crippen LogP contribution >= 0.6 is 11.6 Å². The normalized spacial score (nSPS) is 22.4. The number of hydrogen-bond acceptors (Lipinski definition) is 9. The minimum atomic E-state index is -4.57. The molecule has 0 bridgehead atoms. The van der Waals surface area contributed by atoms with Crippen LogP contribution in [-0.2, 0) is 20.7 Å². The summed E-state index contributed by atoms with van der Waals surface area (Å²) < 4.78 is 68.7. The zero-order valence-corrected chi connectivity index (χ0v) is 20.7. The van der Waals surface area contributed by atoms with Crippen molar-refractivity contribution in [3.8, 4) is 11.3 Å². The molecule has 3 aromatic heterocycles. The Bertz CT molecular complexity index is 1630. The van der Waals surface area contributed by atoms with E-state index in [1.807, 2.05) is 0 Å². The number of aliphatic hydroxyl groups excluding tert-OH is 2. The van der Waals surface area contributed by atoms with Crippen LogP contribution in [-0.4, -0.2) is 63.1 Å². The second-order valence-corrected chi connectivity index (χ2v) is 10.4. The van der Waals surface area contributed by atoms with Gasteiger partial charge in [0.05, 0.1) is 35.5 Å². The van der Waals surface area contributed by atoms with Crippen LogP contribution in [0.3, 0.4) is 0 Å². The second kappa shape index (κ2) is 9.59. The van der Waals surface area contributed by atoms with Gasteiger partial charge in [0, 0.05) is 35.2 Å². The van der Waals surface area contributed by atoms with Gasteiger partial charge >= 0.3 is 16.5 Å². The fraction of sp³-hybridized carbons (Fsp3) is 0.318. The Morgan fingerprint density at radius 1 is 1.21 bits per heavy atom. The van der Waals surface area contributed by atoms with Crippen molar-refractivity contribution >= 4 is 44.3 Å². The molecule has 0 spiro atoms. The zero-order valence-electron chi connectivity index (χ0n) is 19.2. The summed E-state index contributed by atoms with van der Waals surface area (Å²) in [5, 5.41) is 33.2. The summed E-state index contributed by atoms with van der Waals surface area (Å²) in [6.07, 6.45) is -5.69. The maximum Gasteiger partial charge on any atom is 0.417 e. The van der Waals surface area contributed by atoms with E-state index in [0.29, 0.717) is 5.56 Å². The van der Waals surface area contributed by atoms with E-state index in [9.17, 15) is 31.8 Å². The highest BCUT2D eigenvalue weighted by molar-refractivity contribution is 7.84. The number of halogens is 4. The molecule has 11 nitrogen and oxygen atoms in total. The third-order valence-corrected chi connectivity index (χ3v) is 6.99. The molecule has 4 atom stereocenters. The summed E-state index contributed by atoms with van der Waals surface area (Å²) in [5.41, 5.74) is 0.121. The smallest absolute Gasteiger partial charge is 0.390 e. The Morgan fingerprint density at radius 3 is 2.68 bits per heavy atom. The molecule has 16 heteroatoms. The van der Waals surface area contributed by atoms with Crippen molar-refractivity contribution in [1.82, 2.24) is 19.6 Å². The lowest BCUT2D eigenvalue weighted by Gasteiger charge is -2.19. The van der Waals surface area contributed by atoms with Gasteiger partial charge in [-0.15, -0.1) is 0 Å². The molecule has 3 heterocycles. The predicted molar refractivity (Wildman–Crippen MR) is 130 cm³/mol. The molecule has 5 N–H and O–H groups in total. The molecular weight excluding hydrogens is 553 g/mol. The molecule has 0 radical (unpaired) electrons. The van der Waals surface area contributed by atoms with Crippen LogP contribution in [0, 0.1) is 5.92 Å². The molecule has 1 aromatic carbocycles. The number of benzene rings is 1. The van der Waals surface area contributed by atoms with Gasteiger partial charge in [0.15, 0.2) is 5.65 Å². The van der Waals surface area contributed by atoms with Crippen molar-refractivity contribution in [2.45, 2.75) is 30.8 Å². The van der Waals surface area contributed by atoms with E-state index in [4.69, 9.17) is 16.7 Å². The first-order valence-corrected chi connectivity index (χ1v) is 13.0. The van der Waals surface area contributed by atoms with E-state index in [1.54, 1.807) is 0 Å². The standard InChI is InChI=1S/C22H20ClF3N6O5S/c23-16-8-18(29-15-6-10(20(33)21(15)34)9-37-38(27,35)36)32-17(30-16)7-14(31-32)12-3-4-13(22(24,25)26)11-2-1-5-28-19(11)12/h1-5,7-8,10,15,20-21,29,33-34H,6,9H2,(H2,27,35,36)/t10-,15-,20-,21+/m1/s1. The van der Waals surface area contributed by atoms with Gasteiger partial charge in [0.2, 0.25) is 0 Å². The van der Waals surface area contributed by atoms with E-state index < -0.39 is 52.8 Å². The van der Waals surface area contributed by atoms with E-state index in [-0.39, 0.29) is 39.6 Å². The number of anilines is 1. The molecular formula is C22H20ClF3N6O5S. The van der Waals surface area contributed by atoms with Crippen LogP contribution in [0.4, 0.5) is 19.0 Å². The monoisotopic (exact) mass is 572 g/mol. The van der Waals surface area contributed by atoms with E-state index in [2.05, 4.69) is 24.6 Å². The first-order chi connectivity index (χ1) is 17.8. The summed E-state index contributed by atoms with van der Waals surface area (Å²) in [7, 11) is -4.23. The Labute approximate surface area is 218 Å². The maximum atomic E-state index is 13.5. The molecule has 38 heavy (non-hydrogen) atoms. The SMILES string of the molecule is NS(=O)(=O)OC[C@H]1C[C@@H](Nc2cc(Cl)nc3cc(-c4ccc(C(F)(F)F)c5cccnc45)nn23)[C@H](O)[C@@H]1O. The molecule has 0 unspecified atom stereocenters. The lowest BCUT2D eigenvalue weighted by Crippen LogP contribution is -2.36. The number of pyridine rings is 1. The van der Waals surface area contributed by atoms with Gasteiger partial charge in [-0.2, -0.15) is 31.2 Å². The van der Waals surface area contributed by atoms with Crippen LogP contribution in [0.25, 0.3) is 27.8 Å². The summed E-state index contributed by atoms with van der Waals surface area (Å²) in [5.74, 6) is -0.480. The number of aliphatic hydroxyl groups is 2. The lowest BCUT2D eigenvalue weighted by atomic mass is 10.0. The molecule has 0 saturated heterocycles. The van der Waals surface area contributed by atoms with E-state index in [0.717, 1.165) is 6.07 Å². The van der Waals surface area contributed by atoms with Crippen molar-refractivity contribution in [2.24, 2.45) is 11.1 Å². The third-order valence-electron chi connectivity index (χ3n) is 6.33. The molecule has 1 aliphatic carbocycles. The number of alkyl halides is 3. The molecule has 1 saturated carbocycles. The van der Waals surface area contributed by atoms with Gasteiger partial charge in [-0.25, -0.2) is 10.1 Å². The molecule has 1 aliphatic rings. The van der Waals surface area contributed by atoms with Crippen molar-refractivity contribution in [3.63, 3.8) is 0 Å². The first kappa shape index (κ1) is 26.5. The fourth-order valence-electron chi connectivity index (χ4n) is 4.61. The second-order valence-electron chi connectivity index (χ2n) is 8.83. The van der Waals surface area contributed by atoms with Gasteiger partial charge < -0.3 is 15.5 Å². The Balaban J connectivity index is 1.50. The van der Waals surface area contributed by atoms with Gasteiger partial charge in [-0.3, -0.25) is 9.17 Å². The molecule has 5 rings (SSSR count). The first-order valence-electron chi connectivity index (χ1n) is 11.1. The zero-order chi connectivity index (χ0) is 27.4. The minimum Gasteiger partial charge on any atom is -0.390 e. The summed E-state index contributed by atoms with van der Waals surface area (Å²) >= 11 is 6.18. The highest BCUT2D eigenvalue weighted by atomic mass is 35.5.